The lowest BCUT2D eigenvalue weighted by Crippen LogP contribution is -2.42. The Morgan fingerprint density at radius 1 is 0.939 bits per heavy atom. The highest BCUT2D eigenvalue weighted by atomic mass is 79.9. The Labute approximate surface area is 210 Å². The summed E-state index contributed by atoms with van der Waals surface area (Å²) in [4.78, 5) is 16.9. The normalized spacial score (nSPS) is 18.5. The molecule has 1 fully saturated rings. The Morgan fingerprint density at radius 2 is 1.55 bits per heavy atom. The second-order valence-electron chi connectivity index (χ2n) is 9.63. The number of nitrogens with one attached hydrogen (secondary N) is 1. The third kappa shape index (κ3) is 11.7. The molecule has 6 heteroatoms. The summed E-state index contributed by atoms with van der Waals surface area (Å²) < 4.78 is 7.15. The molecule has 2 amide bonds. The van der Waals surface area contributed by atoms with Gasteiger partial charge in [0.1, 0.15) is 0 Å². The number of hydrogen-bond acceptors (Lipinski definition) is 3. The molecule has 0 heterocycles. The number of benzene rings is 1. The fourth-order valence-corrected chi connectivity index (χ4v) is 4.78. The van der Waals surface area contributed by atoms with E-state index in [1.807, 2.05) is 36.2 Å². The molecule has 0 aromatic heterocycles. The van der Waals surface area contributed by atoms with Crippen LogP contribution in [-0.2, 0) is 4.74 Å². The number of nitrogens with zero attached hydrogens (tertiary/aromatic N) is 2. The standard InChI is InChI=1S/C27H46BrN3O2/c1-4-5-9-20-30(2)21-10-7-6-8-11-22-33-26-18-16-25(17-19-26)31(3)27(32)29-24-14-12-23(28)13-15-24/h12-15,25-26H,4-11,16-22H2,1-3H3,(H,29,32)/t25-,26-. The maximum atomic E-state index is 12.6. The molecule has 1 aromatic carbocycles. The van der Waals surface area contributed by atoms with Gasteiger partial charge in [0, 0.05) is 29.9 Å². The number of carbonyl (C=O) groups is 1. The van der Waals surface area contributed by atoms with Gasteiger partial charge >= 0.3 is 6.03 Å². The van der Waals surface area contributed by atoms with Crippen LogP contribution in [0.25, 0.3) is 0 Å². The summed E-state index contributed by atoms with van der Waals surface area (Å²) in [6, 6.07) is 7.95. The smallest absolute Gasteiger partial charge is 0.321 e. The molecule has 33 heavy (non-hydrogen) atoms. The highest BCUT2D eigenvalue weighted by molar-refractivity contribution is 9.10. The summed E-state index contributed by atoms with van der Waals surface area (Å²) in [5.74, 6) is 0. The van der Waals surface area contributed by atoms with E-state index in [1.54, 1.807) is 0 Å². The van der Waals surface area contributed by atoms with Gasteiger partial charge in [-0.25, -0.2) is 4.79 Å². The maximum Gasteiger partial charge on any atom is 0.321 e. The Kier molecular flexibility index (Phi) is 14.1. The minimum atomic E-state index is -0.0335. The van der Waals surface area contributed by atoms with Gasteiger partial charge in [0.25, 0.3) is 0 Å². The fraction of sp³-hybridized carbons (Fsp3) is 0.741. The van der Waals surface area contributed by atoms with Gasteiger partial charge in [-0.15, -0.1) is 0 Å². The number of rotatable bonds is 15. The fourth-order valence-electron chi connectivity index (χ4n) is 4.52. The van der Waals surface area contributed by atoms with Crippen LogP contribution >= 0.6 is 15.9 Å². The molecule has 1 saturated carbocycles. The van der Waals surface area contributed by atoms with Gasteiger partial charge in [0.05, 0.1) is 6.10 Å². The van der Waals surface area contributed by atoms with E-state index in [0.717, 1.165) is 42.5 Å². The molecule has 2 rings (SSSR count). The van der Waals surface area contributed by atoms with Crippen molar-refractivity contribution in [2.24, 2.45) is 0 Å². The lowest BCUT2D eigenvalue weighted by molar-refractivity contribution is 0.0130. The third-order valence-electron chi connectivity index (χ3n) is 6.79. The van der Waals surface area contributed by atoms with Crippen LogP contribution in [0.4, 0.5) is 10.5 Å². The molecule has 0 aliphatic heterocycles. The molecule has 1 N–H and O–H groups in total. The zero-order chi connectivity index (χ0) is 23.9. The molecule has 0 saturated heterocycles. The quantitative estimate of drug-likeness (QED) is 0.245. The van der Waals surface area contributed by atoms with Crippen LogP contribution in [0.5, 0.6) is 0 Å². The van der Waals surface area contributed by atoms with Gasteiger partial charge in [0.2, 0.25) is 0 Å². The zero-order valence-corrected chi connectivity index (χ0v) is 22.7. The molecule has 1 aliphatic rings. The van der Waals surface area contributed by atoms with Crippen LogP contribution in [-0.4, -0.2) is 61.8 Å². The van der Waals surface area contributed by atoms with Crippen LogP contribution in [0.15, 0.2) is 28.7 Å². The lowest BCUT2D eigenvalue weighted by atomic mass is 9.92. The van der Waals surface area contributed by atoms with Crippen molar-refractivity contribution in [1.29, 1.82) is 0 Å². The van der Waals surface area contributed by atoms with Crippen LogP contribution < -0.4 is 5.32 Å². The average molecular weight is 525 g/mol. The van der Waals surface area contributed by atoms with Gasteiger partial charge in [-0.3, -0.25) is 0 Å². The van der Waals surface area contributed by atoms with Crippen molar-refractivity contribution in [3.8, 4) is 0 Å². The molecule has 1 aliphatic carbocycles. The average Bonchev–Trinajstić information content (AvgIpc) is 2.82. The van der Waals surface area contributed by atoms with Crippen molar-refractivity contribution in [3.63, 3.8) is 0 Å². The summed E-state index contributed by atoms with van der Waals surface area (Å²) in [6.45, 7) is 5.63. The predicted molar refractivity (Wildman–Crippen MR) is 143 cm³/mol. The van der Waals surface area contributed by atoms with Crippen molar-refractivity contribution in [3.05, 3.63) is 28.7 Å². The Balaban J connectivity index is 1.48. The molecule has 0 atom stereocenters. The first-order valence-corrected chi connectivity index (χ1v) is 13.9. The molecule has 0 spiro atoms. The van der Waals surface area contributed by atoms with Gasteiger partial charge in [-0.05, 0) is 89.3 Å². The zero-order valence-electron chi connectivity index (χ0n) is 21.2. The van der Waals surface area contributed by atoms with E-state index >= 15 is 0 Å². The molecule has 188 valence electrons. The minimum absolute atomic E-state index is 0.0335. The first kappa shape index (κ1) is 28.1. The van der Waals surface area contributed by atoms with E-state index < -0.39 is 0 Å². The molecular weight excluding hydrogens is 478 g/mol. The van der Waals surface area contributed by atoms with E-state index in [0.29, 0.717) is 12.1 Å². The number of unbranched alkanes of at least 4 members (excludes halogenated alkanes) is 6. The van der Waals surface area contributed by atoms with Crippen LogP contribution in [0.2, 0.25) is 0 Å². The monoisotopic (exact) mass is 523 g/mol. The minimum Gasteiger partial charge on any atom is -0.378 e. The Bertz CT molecular complexity index is 647. The number of hydrogen-bond donors (Lipinski definition) is 1. The number of amides is 2. The molecular formula is C27H46BrN3O2. The molecule has 1 aromatic rings. The Hall–Kier alpha value is -1.11. The van der Waals surface area contributed by atoms with Gasteiger partial charge in [-0.1, -0.05) is 55.0 Å². The summed E-state index contributed by atoms with van der Waals surface area (Å²) in [5.41, 5.74) is 0.825. The second kappa shape index (κ2) is 16.5. The van der Waals surface area contributed by atoms with E-state index in [9.17, 15) is 4.79 Å². The van der Waals surface area contributed by atoms with Crippen LogP contribution in [0, 0.1) is 0 Å². The van der Waals surface area contributed by atoms with Crippen molar-refractivity contribution in [2.45, 2.75) is 96.1 Å². The number of halogens is 1. The topological polar surface area (TPSA) is 44.8 Å². The van der Waals surface area contributed by atoms with Crippen molar-refractivity contribution >= 4 is 27.6 Å². The summed E-state index contributed by atoms with van der Waals surface area (Å²) in [7, 11) is 4.16. The van der Waals surface area contributed by atoms with Crippen molar-refractivity contribution in [2.75, 3.05) is 39.1 Å². The number of urea groups is 1. The molecule has 5 nitrogen and oxygen atoms in total. The van der Waals surface area contributed by atoms with Gasteiger partial charge < -0.3 is 19.9 Å². The van der Waals surface area contributed by atoms with Crippen molar-refractivity contribution < 1.29 is 9.53 Å². The van der Waals surface area contributed by atoms with E-state index in [1.165, 1.54) is 64.5 Å². The lowest BCUT2D eigenvalue weighted by Gasteiger charge is -2.34. The first-order chi connectivity index (χ1) is 16.0. The summed E-state index contributed by atoms with van der Waals surface area (Å²) in [6.07, 6.45) is 14.9. The number of anilines is 1. The Morgan fingerprint density at radius 3 is 2.21 bits per heavy atom. The van der Waals surface area contributed by atoms with Crippen molar-refractivity contribution in [1.82, 2.24) is 9.80 Å². The predicted octanol–water partition coefficient (Wildman–Crippen LogP) is 7.31. The maximum absolute atomic E-state index is 12.6. The van der Waals surface area contributed by atoms with Gasteiger partial charge in [0.15, 0.2) is 0 Å². The second-order valence-corrected chi connectivity index (χ2v) is 10.5. The summed E-state index contributed by atoms with van der Waals surface area (Å²) in [5, 5.41) is 2.99. The van der Waals surface area contributed by atoms with Crippen LogP contribution in [0.1, 0.15) is 84.0 Å². The first-order valence-electron chi connectivity index (χ1n) is 13.1. The van der Waals surface area contributed by atoms with E-state index in [-0.39, 0.29) is 6.03 Å². The highest BCUT2D eigenvalue weighted by Gasteiger charge is 2.27. The highest BCUT2D eigenvalue weighted by Crippen LogP contribution is 2.25. The number of carbonyl (C=O) groups excluding carboxylic acids is 1. The third-order valence-corrected chi connectivity index (χ3v) is 7.32. The van der Waals surface area contributed by atoms with Gasteiger partial charge in [-0.2, -0.15) is 0 Å². The van der Waals surface area contributed by atoms with E-state index in [4.69, 9.17) is 4.74 Å². The molecule has 0 unspecified atom stereocenters. The number of ether oxygens (including phenoxy) is 1. The molecule has 0 radical (unpaired) electrons. The summed E-state index contributed by atoms with van der Waals surface area (Å²) >= 11 is 3.42. The van der Waals surface area contributed by atoms with Crippen LogP contribution in [0.3, 0.4) is 0 Å². The SMILES string of the molecule is CCCCCN(C)CCCCCCCO[C@H]1CC[C@H](N(C)C(=O)Nc2ccc(Br)cc2)CC1. The molecule has 0 bridgehead atoms. The van der Waals surface area contributed by atoms with E-state index in [2.05, 4.69) is 40.1 Å². The largest absolute Gasteiger partial charge is 0.378 e.